The fraction of sp³-hybridized carbons (Fsp3) is 0. The Morgan fingerprint density at radius 3 is 2.85 bits per heavy atom. The number of benzene rings is 1. The molecule has 3 nitrogen and oxygen atoms in total. The number of aldehydes is 1. The molecule has 0 saturated carbocycles. The average molecular weight is 171 g/mol. The normalized spacial score (nSPS) is 7.92. The molecule has 0 aromatic heterocycles. The average Bonchev–Trinajstić information content (AvgIpc) is 2.15. The lowest BCUT2D eigenvalue weighted by molar-refractivity contribution is 0.112. The molecule has 0 fully saturated rings. The van der Waals surface area contributed by atoms with Crippen LogP contribution in [-0.4, -0.2) is 11.4 Å². The van der Waals surface area contributed by atoms with Gasteiger partial charge < -0.3 is 5.11 Å². The summed E-state index contributed by atoms with van der Waals surface area (Å²) < 4.78 is 0. The van der Waals surface area contributed by atoms with Gasteiger partial charge >= 0.3 is 0 Å². The number of aromatic hydroxyl groups is 1. The summed E-state index contributed by atoms with van der Waals surface area (Å²) in [6, 6.07) is 6.14. The van der Waals surface area contributed by atoms with Crippen LogP contribution in [0.15, 0.2) is 18.2 Å². The zero-order valence-corrected chi connectivity index (χ0v) is 6.61. The Hall–Kier alpha value is -2.26. The number of hydrogen-bond acceptors (Lipinski definition) is 3. The predicted octanol–water partition coefficient (Wildman–Crippen LogP) is 1.08. The molecule has 0 radical (unpaired) electrons. The van der Waals surface area contributed by atoms with Crippen molar-refractivity contribution in [2.75, 3.05) is 0 Å². The summed E-state index contributed by atoms with van der Waals surface area (Å²) in [5.41, 5.74) is 0.474. The van der Waals surface area contributed by atoms with Crippen molar-refractivity contribution < 1.29 is 9.90 Å². The molecule has 0 aliphatic heterocycles. The SMILES string of the molecule is N#CC#Cc1cccc(O)c1C=O. The summed E-state index contributed by atoms with van der Waals surface area (Å²) in [4.78, 5) is 10.5. The van der Waals surface area contributed by atoms with E-state index < -0.39 is 0 Å². The molecule has 13 heavy (non-hydrogen) atoms. The molecule has 0 unspecified atom stereocenters. The van der Waals surface area contributed by atoms with Crippen LogP contribution in [0.5, 0.6) is 5.75 Å². The zero-order valence-electron chi connectivity index (χ0n) is 6.61. The predicted molar refractivity (Wildman–Crippen MR) is 46.0 cm³/mol. The summed E-state index contributed by atoms with van der Waals surface area (Å²) in [6.45, 7) is 0. The van der Waals surface area contributed by atoms with E-state index >= 15 is 0 Å². The van der Waals surface area contributed by atoms with Crippen molar-refractivity contribution in [3.8, 4) is 23.7 Å². The van der Waals surface area contributed by atoms with Crippen LogP contribution in [0, 0.1) is 23.2 Å². The smallest absolute Gasteiger partial charge is 0.155 e. The molecule has 0 saturated heterocycles. The molecule has 0 aliphatic rings. The lowest BCUT2D eigenvalue weighted by Crippen LogP contribution is -1.87. The van der Waals surface area contributed by atoms with Gasteiger partial charge in [0.25, 0.3) is 0 Å². The first kappa shape index (κ1) is 8.83. The van der Waals surface area contributed by atoms with E-state index in [1.165, 1.54) is 6.07 Å². The van der Waals surface area contributed by atoms with Crippen LogP contribution in [0.4, 0.5) is 0 Å². The number of phenolic OH excluding ortho intramolecular Hbond substituents is 1. The second kappa shape index (κ2) is 3.94. The Balaban J connectivity index is 3.30. The number of rotatable bonds is 1. The van der Waals surface area contributed by atoms with Crippen molar-refractivity contribution in [2.45, 2.75) is 0 Å². The Morgan fingerprint density at radius 2 is 2.23 bits per heavy atom. The highest BCUT2D eigenvalue weighted by Crippen LogP contribution is 2.17. The van der Waals surface area contributed by atoms with Gasteiger partial charge in [-0.3, -0.25) is 4.79 Å². The molecule has 1 aromatic rings. The van der Waals surface area contributed by atoms with Crippen molar-refractivity contribution in [2.24, 2.45) is 0 Å². The van der Waals surface area contributed by atoms with E-state index in [9.17, 15) is 9.90 Å². The maximum absolute atomic E-state index is 10.5. The van der Waals surface area contributed by atoms with E-state index in [2.05, 4.69) is 11.8 Å². The second-order valence-corrected chi connectivity index (χ2v) is 2.22. The molecule has 0 bridgehead atoms. The van der Waals surface area contributed by atoms with Crippen molar-refractivity contribution in [1.82, 2.24) is 0 Å². The fourth-order valence-electron chi connectivity index (χ4n) is 0.881. The number of hydrogen-bond donors (Lipinski definition) is 1. The molecule has 3 heteroatoms. The topological polar surface area (TPSA) is 61.1 Å². The number of nitriles is 1. The lowest BCUT2D eigenvalue weighted by atomic mass is 10.1. The number of nitrogens with zero attached hydrogens (tertiary/aromatic N) is 1. The van der Waals surface area contributed by atoms with Gasteiger partial charge in [0, 0.05) is 11.5 Å². The Bertz CT molecular complexity index is 432. The molecule has 1 rings (SSSR count). The Labute approximate surface area is 75.2 Å². The minimum Gasteiger partial charge on any atom is -0.507 e. The molecule has 0 heterocycles. The van der Waals surface area contributed by atoms with Crippen LogP contribution in [0.1, 0.15) is 15.9 Å². The summed E-state index contributed by atoms with van der Waals surface area (Å²) >= 11 is 0. The molecule has 0 amide bonds. The highest BCUT2D eigenvalue weighted by atomic mass is 16.3. The van der Waals surface area contributed by atoms with Crippen LogP contribution in [-0.2, 0) is 0 Å². The van der Waals surface area contributed by atoms with Gasteiger partial charge in [-0.1, -0.05) is 6.07 Å². The largest absolute Gasteiger partial charge is 0.507 e. The zero-order chi connectivity index (χ0) is 9.68. The first-order valence-corrected chi connectivity index (χ1v) is 3.47. The molecular formula is C10H5NO2. The Morgan fingerprint density at radius 1 is 1.46 bits per heavy atom. The van der Waals surface area contributed by atoms with E-state index in [0.29, 0.717) is 11.8 Å². The third-order valence-corrected chi connectivity index (χ3v) is 1.45. The third-order valence-electron chi connectivity index (χ3n) is 1.45. The van der Waals surface area contributed by atoms with Gasteiger partial charge in [0.05, 0.1) is 5.56 Å². The minimum atomic E-state index is -0.125. The number of phenols is 1. The molecule has 1 N–H and O–H groups in total. The fourth-order valence-corrected chi connectivity index (χ4v) is 0.881. The van der Waals surface area contributed by atoms with E-state index in [-0.39, 0.29) is 11.3 Å². The van der Waals surface area contributed by atoms with E-state index in [4.69, 9.17) is 5.26 Å². The second-order valence-electron chi connectivity index (χ2n) is 2.22. The maximum Gasteiger partial charge on any atom is 0.155 e. The van der Waals surface area contributed by atoms with Crippen molar-refractivity contribution in [1.29, 1.82) is 5.26 Å². The monoisotopic (exact) mass is 171 g/mol. The third kappa shape index (κ3) is 1.85. The highest BCUT2D eigenvalue weighted by Gasteiger charge is 2.03. The summed E-state index contributed by atoms with van der Waals surface area (Å²) in [5, 5.41) is 17.4. The molecular weight excluding hydrogens is 166 g/mol. The van der Waals surface area contributed by atoms with Crippen molar-refractivity contribution in [3.05, 3.63) is 29.3 Å². The van der Waals surface area contributed by atoms with Gasteiger partial charge in [-0.05, 0) is 18.1 Å². The van der Waals surface area contributed by atoms with Gasteiger partial charge in [-0.2, -0.15) is 5.26 Å². The van der Waals surface area contributed by atoms with Crippen LogP contribution < -0.4 is 0 Å². The lowest BCUT2D eigenvalue weighted by Gasteiger charge is -1.97. The molecule has 1 aromatic carbocycles. The van der Waals surface area contributed by atoms with Crippen LogP contribution in [0.25, 0.3) is 0 Å². The van der Waals surface area contributed by atoms with Crippen molar-refractivity contribution >= 4 is 6.29 Å². The van der Waals surface area contributed by atoms with Crippen LogP contribution >= 0.6 is 0 Å². The number of carbonyl (C=O) groups excluding carboxylic acids is 1. The molecule has 0 spiro atoms. The van der Waals surface area contributed by atoms with Gasteiger partial charge in [0.2, 0.25) is 0 Å². The number of carbonyl (C=O) groups is 1. The van der Waals surface area contributed by atoms with Crippen molar-refractivity contribution in [3.63, 3.8) is 0 Å². The summed E-state index contributed by atoms with van der Waals surface area (Å²) in [7, 11) is 0. The quantitative estimate of drug-likeness (QED) is 0.508. The highest BCUT2D eigenvalue weighted by molar-refractivity contribution is 5.83. The van der Waals surface area contributed by atoms with Crippen LogP contribution in [0.2, 0.25) is 0 Å². The van der Waals surface area contributed by atoms with E-state index in [0.717, 1.165) is 0 Å². The van der Waals surface area contributed by atoms with Gasteiger partial charge in [-0.15, -0.1) is 0 Å². The summed E-state index contributed by atoms with van der Waals surface area (Å²) in [6.07, 6.45) is 0.511. The first-order chi connectivity index (χ1) is 6.29. The van der Waals surface area contributed by atoms with Gasteiger partial charge in [0.15, 0.2) is 12.4 Å². The standard InChI is InChI=1S/C10H5NO2/c11-6-2-4-8-3-1-5-10(13)9(8)7-12/h1,3,5,7,13H. The molecule has 0 atom stereocenters. The Kier molecular flexibility index (Phi) is 2.68. The van der Waals surface area contributed by atoms with E-state index in [1.54, 1.807) is 18.2 Å². The first-order valence-electron chi connectivity index (χ1n) is 3.47. The molecule has 62 valence electrons. The summed E-state index contributed by atoms with van der Waals surface area (Å²) in [5.74, 6) is 4.48. The molecule has 0 aliphatic carbocycles. The van der Waals surface area contributed by atoms with Crippen LogP contribution in [0.3, 0.4) is 0 Å². The maximum atomic E-state index is 10.5. The van der Waals surface area contributed by atoms with Gasteiger partial charge in [-0.25, -0.2) is 0 Å². The minimum absolute atomic E-state index is 0.116. The van der Waals surface area contributed by atoms with E-state index in [1.807, 2.05) is 0 Å². The van der Waals surface area contributed by atoms with Gasteiger partial charge in [0.1, 0.15) is 5.75 Å².